The van der Waals surface area contributed by atoms with Crippen LogP contribution >= 0.6 is 7.82 Å². The number of phosphoric acid groups is 1. The fraction of sp³-hybridized carbons (Fsp3) is 0.556. The molecule has 1 aromatic carbocycles. The Morgan fingerprint density at radius 2 is 1.81 bits per heavy atom. The number of fused-ring (bicyclic) bond motifs is 1. The van der Waals surface area contributed by atoms with Crippen LogP contribution in [0.4, 0.5) is 0 Å². The van der Waals surface area contributed by atoms with E-state index in [1.54, 1.807) is 0 Å². The minimum atomic E-state index is -4.08. The van der Waals surface area contributed by atoms with E-state index in [-0.39, 0.29) is 13.3 Å². The SMILES string of the molecule is Cc1ccc2c(c1)c(CCN(C)C)cn2COP(=O)(O)OCCN(C)C. The molecule has 0 aliphatic carbocycles. The second-order valence-electron chi connectivity index (χ2n) is 7.06. The summed E-state index contributed by atoms with van der Waals surface area (Å²) in [4.78, 5) is 13.9. The van der Waals surface area contributed by atoms with Gasteiger partial charge in [0.05, 0.1) is 12.1 Å². The average Bonchev–Trinajstić information content (AvgIpc) is 2.87. The quantitative estimate of drug-likeness (QED) is 0.637. The predicted octanol–water partition coefficient (Wildman–Crippen LogP) is 2.71. The molecule has 0 fully saturated rings. The molecule has 1 N–H and O–H groups in total. The summed E-state index contributed by atoms with van der Waals surface area (Å²) in [5, 5.41) is 1.15. The van der Waals surface area contributed by atoms with Gasteiger partial charge in [-0.1, -0.05) is 11.6 Å². The molecule has 1 heterocycles. The lowest BCUT2D eigenvalue weighted by atomic mass is 10.1. The van der Waals surface area contributed by atoms with Crippen LogP contribution in [0.15, 0.2) is 24.4 Å². The third-order valence-corrected chi connectivity index (χ3v) is 5.05. The highest BCUT2D eigenvalue weighted by molar-refractivity contribution is 7.47. The van der Waals surface area contributed by atoms with Crippen molar-refractivity contribution in [1.82, 2.24) is 14.4 Å². The van der Waals surface area contributed by atoms with Crippen molar-refractivity contribution >= 4 is 18.7 Å². The summed E-state index contributed by atoms with van der Waals surface area (Å²) < 4.78 is 24.1. The van der Waals surface area contributed by atoms with E-state index in [2.05, 4.69) is 17.9 Å². The van der Waals surface area contributed by atoms with Crippen molar-refractivity contribution in [3.8, 4) is 0 Å². The number of hydrogen-bond acceptors (Lipinski definition) is 5. The molecule has 0 aliphatic heterocycles. The first-order valence-corrected chi connectivity index (χ1v) is 10.2. The minimum absolute atomic E-state index is 0.0305. The van der Waals surface area contributed by atoms with Gasteiger partial charge in [-0.3, -0.25) is 9.05 Å². The summed E-state index contributed by atoms with van der Waals surface area (Å²) in [6.07, 6.45) is 2.89. The van der Waals surface area contributed by atoms with Crippen LogP contribution in [0.1, 0.15) is 11.1 Å². The highest BCUT2D eigenvalue weighted by Crippen LogP contribution is 2.43. The number of nitrogens with zero attached hydrogens (tertiary/aromatic N) is 3. The van der Waals surface area contributed by atoms with Gasteiger partial charge >= 0.3 is 7.82 Å². The summed E-state index contributed by atoms with van der Waals surface area (Å²) in [6.45, 7) is 3.65. The molecule has 1 unspecified atom stereocenters. The van der Waals surface area contributed by atoms with Gasteiger partial charge in [0.1, 0.15) is 6.73 Å². The number of phosphoric ester groups is 1. The molecular formula is C18H30N3O4P. The van der Waals surface area contributed by atoms with Gasteiger partial charge in [0, 0.05) is 24.7 Å². The first kappa shape index (κ1) is 21.1. The zero-order valence-corrected chi connectivity index (χ0v) is 17.2. The number of rotatable bonds is 10. The largest absolute Gasteiger partial charge is 0.473 e. The lowest BCUT2D eigenvalue weighted by Crippen LogP contribution is -2.17. The number of benzene rings is 1. The monoisotopic (exact) mass is 383 g/mol. The number of aryl methyl sites for hydroxylation is 1. The van der Waals surface area contributed by atoms with Crippen LogP contribution in [0.25, 0.3) is 10.9 Å². The van der Waals surface area contributed by atoms with E-state index in [9.17, 15) is 9.46 Å². The Labute approximate surface area is 155 Å². The first-order valence-electron chi connectivity index (χ1n) is 8.67. The van der Waals surface area contributed by atoms with E-state index in [0.29, 0.717) is 6.54 Å². The molecule has 2 rings (SSSR count). The third-order valence-electron chi connectivity index (χ3n) is 4.10. The molecule has 26 heavy (non-hydrogen) atoms. The second-order valence-corrected chi connectivity index (χ2v) is 8.51. The molecule has 1 aromatic heterocycles. The lowest BCUT2D eigenvalue weighted by molar-refractivity contribution is 0.115. The molecule has 0 radical (unpaired) electrons. The normalized spacial score (nSPS) is 14.5. The van der Waals surface area contributed by atoms with Crippen LogP contribution in [0.3, 0.4) is 0 Å². The van der Waals surface area contributed by atoms with E-state index in [1.165, 1.54) is 11.1 Å². The molecular weight excluding hydrogens is 353 g/mol. The summed E-state index contributed by atoms with van der Waals surface area (Å²) >= 11 is 0. The Morgan fingerprint density at radius 1 is 1.12 bits per heavy atom. The standard InChI is InChI=1S/C18H30N3O4P/c1-15-6-7-18-17(12-15)16(8-9-19(2)3)13-21(18)14-25-26(22,23)24-11-10-20(4)5/h6-7,12-13H,8-11,14H2,1-5H3,(H,22,23). The van der Waals surface area contributed by atoms with Gasteiger partial charge in [-0.2, -0.15) is 0 Å². The second kappa shape index (κ2) is 9.13. The smallest absolute Gasteiger partial charge is 0.323 e. The summed E-state index contributed by atoms with van der Waals surface area (Å²) in [5.41, 5.74) is 3.36. The van der Waals surface area contributed by atoms with E-state index in [4.69, 9.17) is 9.05 Å². The van der Waals surface area contributed by atoms with Gasteiger partial charge in [0.15, 0.2) is 0 Å². The average molecular weight is 383 g/mol. The molecule has 7 nitrogen and oxygen atoms in total. The van der Waals surface area contributed by atoms with Crippen molar-refractivity contribution in [2.45, 2.75) is 20.1 Å². The predicted molar refractivity (Wildman–Crippen MR) is 104 cm³/mol. The number of likely N-dealkylation sites (N-methyl/N-ethyl adjacent to an activating group) is 2. The maximum absolute atomic E-state index is 12.1. The van der Waals surface area contributed by atoms with Crippen LogP contribution in [0, 0.1) is 6.92 Å². The van der Waals surface area contributed by atoms with Crippen LogP contribution < -0.4 is 0 Å². The topological polar surface area (TPSA) is 67.2 Å². The maximum atomic E-state index is 12.1. The lowest BCUT2D eigenvalue weighted by Gasteiger charge is -2.15. The Morgan fingerprint density at radius 3 is 2.46 bits per heavy atom. The van der Waals surface area contributed by atoms with Crippen LogP contribution in [0.2, 0.25) is 0 Å². The highest BCUT2D eigenvalue weighted by atomic mass is 31.2. The van der Waals surface area contributed by atoms with Crippen molar-refractivity contribution in [1.29, 1.82) is 0 Å². The van der Waals surface area contributed by atoms with Crippen molar-refractivity contribution in [2.24, 2.45) is 0 Å². The van der Waals surface area contributed by atoms with Gasteiger partial charge in [0.2, 0.25) is 0 Å². The van der Waals surface area contributed by atoms with Gasteiger partial charge in [-0.05, 0) is 59.2 Å². The van der Waals surface area contributed by atoms with Crippen LogP contribution in [-0.4, -0.2) is 67.1 Å². The summed E-state index contributed by atoms with van der Waals surface area (Å²) in [7, 11) is 3.75. The zero-order valence-electron chi connectivity index (χ0n) is 16.3. The molecule has 0 spiro atoms. The Bertz CT molecular complexity index is 773. The van der Waals surface area contributed by atoms with E-state index < -0.39 is 7.82 Å². The molecule has 2 aromatic rings. The zero-order chi connectivity index (χ0) is 19.3. The Balaban J connectivity index is 2.12. The summed E-state index contributed by atoms with van der Waals surface area (Å²) in [6, 6.07) is 6.19. The molecule has 1 atom stereocenters. The summed E-state index contributed by atoms with van der Waals surface area (Å²) in [5.74, 6) is 0. The third kappa shape index (κ3) is 6.20. The van der Waals surface area contributed by atoms with E-state index in [1.807, 2.05) is 56.0 Å². The van der Waals surface area contributed by atoms with Crippen molar-refractivity contribution < 1.29 is 18.5 Å². The van der Waals surface area contributed by atoms with Gasteiger partial charge in [0.25, 0.3) is 0 Å². The maximum Gasteiger partial charge on any atom is 0.473 e. The first-order chi connectivity index (χ1) is 12.2. The van der Waals surface area contributed by atoms with Crippen LogP contribution in [-0.2, 0) is 26.8 Å². The van der Waals surface area contributed by atoms with E-state index in [0.717, 1.165) is 23.9 Å². The molecule has 0 saturated carbocycles. The highest BCUT2D eigenvalue weighted by Gasteiger charge is 2.21. The van der Waals surface area contributed by atoms with Gasteiger partial charge < -0.3 is 19.3 Å². The number of aromatic nitrogens is 1. The van der Waals surface area contributed by atoms with Crippen molar-refractivity contribution in [3.63, 3.8) is 0 Å². The number of hydrogen-bond donors (Lipinski definition) is 1. The fourth-order valence-corrected chi connectivity index (χ4v) is 3.30. The van der Waals surface area contributed by atoms with Gasteiger partial charge in [-0.25, -0.2) is 4.57 Å². The molecule has 0 bridgehead atoms. The molecule has 8 heteroatoms. The Kier molecular flexibility index (Phi) is 7.41. The van der Waals surface area contributed by atoms with Gasteiger partial charge in [-0.15, -0.1) is 0 Å². The van der Waals surface area contributed by atoms with Crippen LogP contribution in [0.5, 0.6) is 0 Å². The van der Waals surface area contributed by atoms with Crippen molar-refractivity contribution in [2.75, 3.05) is 47.9 Å². The molecule has 146 valence electrons. The molecule has 0 aliphatic rings. The Hall–Kier alpha value is -1.21. The van der Waals surface area contributed by atoms with Crippen molar-refractivity contribution in [3.05, 3.63) is 35.5 Å². The fourth-order valence-electron chi connectivity index (χ4n) is 2.65. The van der Waals surface area contributed by atoms with E-state index >= 15 is 0 Å². The molecule has 0 amide bonds. The minimum Gasteiger partial charge on any atom is -0.323 e. The molecule has 0 saturated heterocycles.